The third kappa shape index (κ3) is 5.82. The standard InChI is InChI=1S/C21H21F4N3O4S/c1-2-5-13-6-3-4-7-15(13)19-27-11-10-17(28(19)33(26,29)30)16-12-14(31-20(22)23)8-9-18(16)32-21(24)25/h3-4,6-12,17,20-21H,2,5H2,1H3,(H2,26,29,30). The van der Waals surface area contributed by atoms with E-state index in [4.69, 9.17) is 5.14 Å². The van der Waals surface area contributed by atoms with Crippen LogP contribution >= 0.6 is 0 Å². The Balaban J connectivity index is 2.17. The summed E-state index contributed by atoms with van der Waals surface area (Å²) in [6.07, 6.45) is 3.94. The zero-order valence-corrected chi connectivity index (χ0v) is 18.2. The maximum Gasteiger partial charge on any atom is 0.387 e. The molecule has 2 aromatic carbocycles. The molecule has 12 heteroatoms. The molecule has 0 aromatic heterocycles. The number of ether oxygens (including phenoxy) is 2. The molecule has 33 heavy (non-hydrogen) atoms. The first-order chi connectivity index (χ1) is 15.6. The zero-order chi connectivity index (χ0) is 24.2. The molecule has 7 nitrogen and oxygen atoms in total. The van der Waals surface area contributed by atoms with Crippen molar-refractivity contribution in [3.8, 4) is 11.5 Å². The van der Waals surface area contributed by atoms with E-state index in [2.05, 4.69) is 14.5 Å². The molecule has 1 unspecified atom stereocenters. The van der Waals surface area contributed by atoms with Gasteiger partial charge >= 0.3 is 23.4 Å². The largest absolute Gasteiger partial charge is 0.435 e. The highest BCUT2D eigenvalue weighted by Crippen LogP contribution is 2.38. The van der Waals surface area contributed by atoms with Crippen molar-refractivity contribution in [1.29, 1.82) is 0 Å². The molecule has 0 amide bonds. The third-order valence-electron chi connectivity index (χ3n) is 4.72. The van der Waals surface area contributed by atoms with Crippen LogP contribution in [0.5, 0.6) is 11.5 Å². The number of halogens is 4. The van der Waals surface area contributed by atoms with Gasteiger partial charge in [-0.05, 0) is 36.3 Å². The number of alkyl halides is 4. The third-order valence-corrected chi connectivity index (χ3v) is 5.67. The molecule has 0 saturated carbocycles. The van der Waals surface area contributed by atoms with Crippen LogP contribution in [0.3, 0.4) is 0 Å². The van der Waals surface area contributed by atoms with Gasteiger partial charge in [-0.1, -0.05) is 37.6 Å². The highest BCUT2D eigenvalue weighted by atomic mass is 32.2. The number of hydrogen-bond donors (Lipinski definition) is 1. The van der Waals surface area contributed by atoms with E-state index in [1.807, 2.05) is 6.92 Å². The molecule has 0 saturated heterocycles. The molecule has 1 atom stereocenters. The lowest BCUT2D eigenvalue weighted by atomic mass is 9.99. The Morgan fingerprint density at radius 3 is 2.42 bits per heavy atom. The average Bonchev–Trinajstić information content (AvgIpc) is 2.73. The summed E-state index contributed by atoms with van der Waals surface area (Å²) in [7, 11) is -4.51. The minimum atomic E-state index is -4.51. The first-order valence-electron chi connectivity index (χ1n) is 9.80. The van der Waals surface area contributed by atoms with E-state index in [-0.39, 0.29) is 17.1 Å². The van der Waals surface area contributed by atoms with Crippen molar-refractivity contribution in [2.75, 3.05) is 0 Å². The van der Waals surface area contributed by atoms with Crippen LogP contribution in [-0.2, 0) is 16.6 Å². The molecule has 2 aromatic rings. The van der Waals surface area contributed by atoms with Crippen molar-refractivity contribution >= 4 is 16.0 Å². The van der Waals surface area contributed by atoms with Gasteiger partial charge in [0.15, 0.2) is 5.84 Å². The van der Waals surface area contributed by atoms with Gasteiger partial charge < -0.3 is 9.47 Å². The second-order valence-corrected chi connectivity index (χ2v) is 8.37. The molecule has 3 rings (SSSR count). The number of nitrogens with two attached hydrogens (primary N) is 1. The quantitative estimate of drug-likeness (QED) is 0.532. The molecule has 1 aliphatic heterocycles. The van der Waals surface area contributed by atoms with Crippen LogP contribution in [-0.4, -0.2) is 31.8 Å². The van der Waals surface area contributed by atoms with Gasteiger partial charge in [-0.2, -0.15) is 26.0 Å². The lowest BCUT2D eigenvalue weighted by molar-refractivity contribution is -0.0536. The van der Waals surface area contributed by atoms with Crippen LogP contribution in [0, 0.1) is 0 Å². The lowest BCUT2D eigenvalue weighted by Crippen LogP contribution is -2.45. The SMILES string of the molecule is CCCc1ccccc1C1=NC=CC(c2cc(OC(F)F)ccc2OC(F)F)N1S(N)(=O)=O. The Morgan fingerprint density at radius 2 is 1.79 bits per heavy atom. The van der Waals surface area contributed by atoms with Gasteiger partial charge in [-0.15, -0.1) is 0 Å². The van der Waals surface area contributed by atoms with E-state index < -0.39 is 35.2 Å². The van der Waals surface area contributed by atoms with Crippen LogP contribution < -0.4 is 14.6 Å². The van der Waals surface area contributed by atoms with E-state index in [9.17, 15) is 26.0 Å². The van der Waals surface area contributed by atoms with Crippen LogP contribution in [0.1, 0.15) is 36.1 Å². The minimum absolute atomic E-state index is 0.0442. The first-order valence-corrected chi connectivity index (χ1v) is 11.3. The summed E-state index contributed by atoms with van der Waals surface area (Å²) >= 11 is 0. The van der Waals surface area contributed by atoms with Gasteiger partial charge in [-0.25, -0.2) is 14.4 Å². The van der Waals surface area contributed by atoms with Crippen molar-refractivity contribution in [3.05, 3.63) is 71.4 Å². The summed E-state index contributed by atoms with van der Waals surface area (Å²) in [6.45, 7) is -4.49. The summed E-state index contributed by atoms with van der Waals surface area (Å²) in [5, 5.41) is 5.50. The molecular formula is C21H21F4N3O4S. The van der Waals surface area contributed by atoms with E-state index in [0.29, 0.717) is 12.0 Å². The highest BCUT2D eigenvalue weighted by Gasteiger charge is 2.36. The fourth-order valence-electron chi connectivity index (χ4n) is 3.52. The molecule has 0 fully saturated rings. The van der Waals surface area contributed by atoms with Crippen molar-refractivity contribution < 1.29 is 35.5 Å². The first kappa shape index (κ1) is 24.5. The predicted molar refractivity (Wildman–Crippen MR) is 114 cm³/mol. The number of aliphatic imine (C=N–C) groups is 1. The fourth-order valence-corrected chi connectivity index (χ4v) is 4.41. The Hall–Kier alpha value is -3.12. The molecule has 0 spiro atoms. The summed E-state index contributed by atoms with van der Waals surface area (Å²) in [4.78, 5) is 4.19. The number of rotatable bonds is 9. The van der Waals surface area contributed by atoms with Crippen molar-refractivity contribution in [1.82, 2.24) is 4.31 Å². The van der Waals surface area contributed by atoms with Crippen molar-refractivity contribution in [2.45, 2.75) is 39.0 Å². The van der Waals surface area contributed by atoms with E-state index in [0.717, 1.165) is 34.5 Å². The summed E-state index contributed by atoms with van der Waals surface area (Å²) in [6, 6.07) is 8.61. The van der Waals surface area contributed by atoms with Crippen LogP contribution in [0.15, 0.2) is 59.7 Å². The molecule has 178 valence electrons. The van der Waals surface area contributed by atoms with E-state index in [1.54, 1.807) is 24.3 Å². The van der Waals surface area contributed by atoms with Gasteiger partial charge in [0.2, 0.25) is 0 Å². The molecule has 1 aliphatic rings. The highest BCUT2D eigenvalue weighted by molar-refractivity contribution is 7.87. The minimum Gasteiger partial charge on any atom is -0.435 e. The number of benzene rings is 2. The summed E-state index contributed by atoms with van der Waals surface area (Å²) < 4.78 is 86.5. The molecule has 2 N–H and O–H groups in total. The zero-order valence-electron chi connectivity index (χ0n) is 17.4. The molecule has 0 aliphatic carbocycles. The Bertz CT molecular complexity index is 1160. The van der Waals surface area contributed by atoms with Crippen molar-refractivity contribution in [2.24, 2.45) is 10.1 Å². The van der Waals surface area contributed by atoms with Gasteiger partial charge in [0, 0.05) is 17.3 Å². The molecular weight excluding hydrogens is 466 g/mol. The number of nitrogens with zero attached hydrogens (tertiary/aromatic N) is 2. The Labute approximate surface area is 188 Å². The monoisotopic (exact) mass is 487 g/mol. The molecule has 1 heterocycles. The van der Waals surface area contributed by atoms with Gasteiger partial charge in [-0.3, -0.25) is 0 Å². The van der Waals surface area contributed by atoms with Gasteiger partial charge in [0.05, 0.1) is 6.04 Å². The second kappa shape index (κ2) is 10.2. The number of amidine groups is 1. The van der Waals surface area contributed by atoms with E-state index >= 15 is 0 Å². The van der Waals surface area contributed by atoms with Crippen LogP contribution in [0.4, 0.5) is 17.6 Å². The fraction of sp³-hybridized carbons (Fsp3) is 0.286. The normalized spacial score (nSPS) is 16.3. The number of aryl methyl sites for hydroxylation is 1. The molecule has 0 bridgehead atoms. The maximum absolute atomic E-state index is 13.0. The van der Waals surface area contributed by atoms with E-state index in [1.165, 1.54) is 12.3 Å². The van der Waals surface area contributed by atoms with Crippen LogP contribution in [0.2, 0.25) is 0 Å². The average molecular weight is 487 g/mol. The van der Waals surface area contributed by atoms with Gasteiger partial charge in [0.25, 0.3) is 0 Å². The van der Waals surface area contributed by atoms with Gasteiger partial charge in [0.1, 0.15) is 11.5 Å². The van der Waals surface area contributed by atoms with Crippen LogP contribution in [0.25, 0.3) is 0 Å². The lowest BCUT2D eigenvalue weighted by Gasteiger charge is -2.33. The summed E-state index contributed by atoms with van der Waals surface area (Å²) in [5.74, 6) is -0.852. The second-order valence-electron chi connectivity index (χ2n) is 6.94. The van der Waals surface area contributed by atoms with Crippen molar-refractivity contribution in [3.63, 3.8) is 0 Å². The molecule has 0 radical (unpaired) electrons. The number of hydrogen-bond acceptors (Lipinski definition) is 5. The Kier molecular flexibility index (Phi) is 7.59. The predicted octanol–water partition coefficient (Wildman–Crippen LogP) is 4.36. The summed E-state index contributed by atoms with van der Waals surface area (Å²) in [5.41, 5.74) is 1.08. The maximum atomic E-state index is 13.0. The Morgan fingerprint density at radius 1 is 1.09 bits per heavy atom. The topological polar surface area (TPSA) is 94.2 Å². The smallest absolute Gasteiger partial charge is 0.387 e.